The van der Waals surface area contributed by atoms with Gasteiger partial charge < -0.3 is 18.9 Å². The van der Waals surface area contributed by atoms with Crippen LogP contribution >= 0.6 is 7.82 Å². The number of likely N-dealkylation sites (N-methyl/N-ethyl adjacent to an activating group) is 1. The number of ether oxygens (including phenoxy) is 2. The molecule has 0 aliphatic rings. The van der Waals surface area contributed by atoms with Crippen LogP contribution in [0.3, 0.4) is 0 Å². The summed E-state index contributed by atoms with van der Waals surface area (Å²) in [6, 6.07) is 0. The molecule has 0 heterocycles. The smallest absolute Gasteiger partial charge is 0.462 e. The maximum Gasteiger partial charge on any atom is 0.472 e. The van der Waals surface area contributed by atoms with Gasteiger partial charge in [-0.2, -0.15) is 0 Å². The fourth-order valence-electron chi connectivity index (χ4n) is 6.65. The van der Waals surface area contributed by atoms with Gasteiger partial charge in [0, 0.05) is 12.8 Å². The third-order valence-electron chi connectivity index (χ3n) is 10.5. The molecular weight excluding hydrogens is 750 g/mol. The van der Waals surface area contributed by atoms with E-state index in [0.717, 1.165) is 38.5 Å². The lowest BCUT2D eigenvalue weighted by molar-refractivity contribution is -0.870. The van der Waals surface area contributed by atoms with E-state index in [-0.39, 0.29) is 32.0 Å². The van der Waals surface area contributed by atoms with E-state index in [1.54, 1.807) is 0 Å². The molecule has 0 aromatic carbocycles. The predicted octanol–water partition coefficient (Wildman–Crippen LogP) is 13.9. The molecule has 0 radical (unpaired) electrons. The number of carbonyl (C=O) groups is 2. The highest BCUT2D eigenvalue weighted by atomic mass is 31.2. The van der Waals surface area contributed by atoms with Crippen LogP contribution in [-0.4, -0.2) is 74.9 Å². The van der Waals surface area contributed by atoms with Crippen molar-refractivity contribution in [3.05, 3.63) is 24.3 Å². The van der Waals surface area contributed by atoms with E-state index >= 15 is 0 Å². The molecule has 0 spiro atoms. The third-order valence-corrected chi connectivity index (χ3v) is 11.4. The maximum absolute atomic E-state index is 12.7. The van der Waals surface area contributed by atoms with Crippen molar-refractivity contribution in [3.63, 3.8) is 0 Å². The van der Waals surface area contributed by atoms with Gasteiger partial charge in [0.05, 0.1) is 27.7 Å². The van der Waals surface area contributed by atoms with Crippen LogP contribution in [0.4, 0.5) is 0 Å². The van der Waals surface area contributed by atoms with Crippen LogP contribution in [0.1, 0.15) is 219 Å². The summed E-state index contributed by atoms with van der Waals surface area (Å²) in [4.78, 5) is 35.4. The summed E-state index contributed by atoms with van der Waals surface area (Å²) >= 11 is 0. The van der Waals surface area contributed by atoms with Gasteiger partial charge in [-0.1, -0.05) is 167 Å². The largest absolute Gasteiger partial charge is 0.472 e. The number of quaternary nitrogens is 1. The lowest BCUT2D eigenvalue weighted by atomic mass is 10.1. The van der Waals surface area contributed by atoms with Crippen molar-refractivity contribution < 1.29 is 42.1 Å². The molecule has 58 heavy (non-hydrogen) atoms. The summed E-state index contributed by atoms with van der Waals surface area (Å²) in [5, 5.41) is 0. The topological polar surface area (TPSA) is 108 Å². The van der Waals surface area contributed by atoms with Crippen molar-refractivity contribution in [1.82, 2.24) is 0 Å². The second-order valence-electron chi connectivity index (χ2n) is 17.5. The van der Waals surface area contributed by atoms with Crippen molar-refractivity contribution in [3.8, 4) is 0 Å². The van der Waals surface area contributed by atoms with E-state index in [0.29, 0.717) is 17.4 Å². The first-order valence-electron chi connectivity index (χ1n) is 24.1. The number of phosphoric ester groups is 1. The highest BCUT2D eigenvalue weighted by molar-refractivity contribution is 7.47. The van der Waals surface area contributed by atoms with Crippen molar-refractivity contribution in [2.24, 2.45) is 0 Å². The minimum absolute atomic E-state index is 0.0294. The van der Waals surface area contributed by atoms with Gasteiger partial charge in [-0.15, -0.1) is 0 Å². The lowest BCUT2D eigenvalue weighted by Gasteiger charge is -2.24. The van der Waals surface area contributed by atoms with Gasteiger partial charge in [-0.05, 0) is 64.2 Å². The standard InChI is InChI=1S/C48H92NO8P/c1-6-8-10-12-14-16-18-20-22-23-24-25-27-28-30-32-34-36-38-40-47(50)54-44-46(45-56-58(52,53)55-43-42-49(3,4)5)57-48(51)41-39-37-35-33-31-29-26-21-19-17-15-13-11-9-7-2/h20,22,31,33,46H,6-19,21,23-30,32,34-45H2,1-5H3/p+1/b22-20+,33-31+/t46-/m1/s1. The molecule has 9 nitrogen and oxygen atoms in total. The van der Waals surface area contributed by atoms with E-state index in [9.17, 15) is 19.0 Å². The molecular formula is C48H93NO8P+. The Bertz CT molecular complexity index is 1040. The Kier molecular flexibility index (Phi) is 39.8. The molecule has 0 saturated heterocycles. The van der Waals surface area contributed by atoms with E-state index in [1.807, 2.05) is 21.1 Å². The fraction of sp³-hybridized carbons (Fsp3) is 0.875. The van der Waals surface area contributed by atoms with Gasteiger partial charge >= 0.3 is 19.8 Å². The Morgan fingerprint density at radius 3 is 1.31 bits per heavy atom. The average molecular weight is 843 g/mol. The van der Waals surface area contributed by atoms with Crippen molar-refractivity contribution >= 4 is 19.8 Å². The minimum atomic E-state index is -4.38. The molecule has 342 valence electrons. The molecule has 1 N–H and O–H groups in total. The molecule has 0 saturated carbocycles. The molecule has 0 rings (SSSR count). The van der Waals surface area contributed by atoms with Gasteiger partial charge in [-0.25, -0.2) is 4.57 Å². The Hall–Kier alpha value is -1.51. The molecule has 0 bridgehead atoms. The van der Waals surface area contributed by atoms with Crippen molar-refractivity contribution in [1.29, 1.82) is 0 Å². The summed E-state index contributed by atoms with van der Waals surface area (Å²) in [6.45, 7) is 4.42. The summed E-state index contributed by atoms with van der Waals surface area (Å²) in [5.41, 5.74) is 0. The van der Waals surface area contributed by atoms with Crippen molar-refractivity contribution in [2.75, 3.05) is 47.5 Å². The van der Waals surface area contributed by atoms with E-state index in [2.05, 4.69) is 38.2 Å². The number of hydrogen-bond acceptors (Lipinski definition) is 7. The molecule has 0 amide bonds. The number of carbonyl (C=O) groups excluding carboxylic acids is 2. The molecule has 10 heteroatoms. The maximum atomic E-state index is 12.7. The van der Waals surface area contributed by atoms with E-state index in [1.165, 1.54) is 148 Å². The SMILES string of the molecule is CCCCCCCC/C=C/CCCCCCCCCCCC(=O)OC[C@H](COP(=O)(O)OCC[N+](C)(C)C)OC(=O)CCCC/C=C/CCCCCCCCCCC. The van der Waals surface area contributed by atoms with Crippen LogP contribution in [0.25, 0.3) is 0 Å². The quantitative estimate of drug-likeness (QED) is 0.0212. The number of rotatable bonds is 44. The number of esters is 2. The summed E-state index contributed by atoms with van der Waals surface area (Å²) in [7, 11) is 1.47. The van der Waals surface area contributed by atoms with Gasteiger partial charge in [0.1, 0.15) is 19.8 Å². The zero-order valence-corrected chi connectivity index (χ0v) is 39.4. The molecule has 1 unspecified atom stereocenters. The van der Waals surface area contributed by atoms with Gasteiger partial charge in [0.15, 0.2) is 6.10 Å². The van der Waals surface area contributed by atoms with E-state index < -0.39 is 26.5 Å². The second kappa shape index (κ2) is 40.9. The number of allylic oxidation sites excluding steroid dienone is 4. The normalized spacial score (nSPS) is 13.7. The monoisotopic (exact) mass is 843 g/mol. The molecule has 0 aromatic heterocycles. The first-order valence-corrected chi connectivity index (χ1v) is 25.6. The predicted molar refractivity (Wildman–Crippen MR) is 243 cm³/mol. The van der Waals surface area contributed by atoms with Crippen molar-refractivity contribution in [2.45, 2.75) is 225 Å². The molecule has 0 aliphatic carbocycles. The van der Waals surface area contributed by atoms with Crippen LogP contribution in [0.2, 0.25) is 0 Å². The summed E-state index contributed by atoms with van der Waals surface area (Å²) in [5.74, 6) is -0.819. The van der Waals surface area contributed by atoms with Crippen LogP contribution < -0.4 is 0 Å². The Labute approximate surface area is 358 Å². The average Bonchev–Trinajstić information content (AvgIpc) is 3.17. The highest BCUT2D eigenvalue weighted by Gasteiger charge is 2.27. The van der Waals surface area contributed by atoms with Crippen LogP contribution in [-0.2, 0) is 32.7 Å². The highest BCUT2D eigenvalue weighted by Crippen LogP contribution is 2.43. The van der Waals surface area contributed by atoms with Gasteiger partial charge in [-0.3, -0.25) is 18.6 Å². The van der Waals surface area contributed by atoms with Crippen LogP contribution in [0, 0.1) is 0 Å². The zero-order valence-electron chi connectivity index (χ0n) is 38.5. The lowest BCUT2D eigenvalue weighted by Crippen LogP contribution is -2.37. The first kappa shape index (κ1) is 56.5. The minimum Gasteiger partial charge on any atom is -0.462 e. The van der Waals surface area contributed by atoms with Gasteiger partial charge in [0.2, 0.25) is 0 Å². The Morgan fingerprint density at radius 1 is 0.517 bits per heavy atom. The van der Waals surface area contributed by atoms with Gasteiger partial charge in [0.25, 0.3) is 0 Å². The third kappa shape index (κ3) is 44.1. The molecule has 0 aromatic rings. The first-order chi connectivity index (χ1) is 28.0. The summed E-state index contributed by atoms with van der Waals surface area (Å²) < 4.78 is 34.4. The molecule has 2 atom stereocenters. The number of hydrogen-bond donors (Lipinski definition) is 1. The second-order valence-corrected chi connectivity index (χ2v) is 18.9. The summed E-state index contributed by atoms with van der Waals surface area (Å²) in [6.07, 6.45) is 45.1. The molecule has 0 aliphatic heterocycles. The molecule has 0 fully saturated rings. The van der Waals surface area contributed by atoms with Crippen LogP contribution in [0.15, 0.2) is 24.3 Å². The number of nitrogens with zero attached hydrogens (tertiary/aromatic N) is 1. The zero-order chi connectivity index (χ0) is 42.8. The number of unbranched alkanes of at least 4 members (excludes halogenated alkanes) is 26. The Morgan fingerprint density at radius 2 is 0.879 bits per heavy atom. The fourth-order valence-corrected chi connectivity index (χ4v) is 7.39. The number of phosphoric acid groups is 1. The van der Waals surface area contributed by atoms with E-state index in [4.69, 9.17) is 18.5 Å². The van der Waals surface area contributed by atoms with Crippen LogP contribution in [0.5, 0.6) is 0 Å². The Balaban J connectivity index is 4.30.